The van der Waals surface area contributed by atoms with Gasteiger partial charge in [0.2, 0.25) is 0 Å². The van der Waals surface area contributed by atoms with E-state index in [1.54, 1.807) is 6.92 Å². The predicted octanol–water partition coefficient (Wildman–Crippen LogP) is 1.96. The lowest BCUT2D eigenvalue weighted by Gasteiger charge is -2.19. The maximum absolute atomic E-state index is 10.9. The van der Waals surface area contributed by atoms with E-state index < -0.39 is 5.60 Å². The summed E-state index contributed by atoms with van der Waals surface area (Å²) < 4.78 is 4.99. The van der Waals surface area contributed by atoms with Gasteiger partial charge in [0.25, 0.3) is 0 Å². The number of hydrogen-bond donors (Lipinski definition) is 1. The second kappa shape index (κ2) is 3.97. The first kappa shape index (κ1) is 10.8. The molecule has 11 heavy (non-hydrogen) atoms. The minimum atomic E-state index is -0.418. The SMILES string of the molecule is CC(N)SC(=O)OC(C)(C)C. The molecule has 0 aromatic heterocycles. The van der Waals surface area contributed by atoms with Crippen molar-refractivity contribution in [2.45, 2.75) is 38.7 Å². The Balaban J connectivity index is 3.71. The van der Waals surface area contributed by atoms with Crippen LogP contribution < -0.4 is 5.73 Å². The van der Waals surface area contributed by atoms with Crippen LogP contribution in [-0.2, 0) is 4.74 Å². The maximum Gasteiger partial charge on any atom is 0.369 e. The van der Waals surface area contributed by atoms with Crippen LogP contribution in [0.1, 0.15) is 27.7 Å². The molecular weight excluding hydrogens is 162 g/mol. The minimum Gasteiger partial charge on any atom is -0.452 e. The van der Waals surface area contributed by atoms with Crippen molar-refractivity contribution in [1.29, 1.82) is 0 Å². The highest BCUT2D eigenvalue weighted by Crippen LogP contribution is 2.15. The fourth-order valence-electron chi connectivity index (χ4n) is 0.426. The lowest BCUT2D eigenvalue weighted by Crippen LogP contribution is -2.23. The number of nitrogens with two attached hydrogens (primary N) is 1. The smallest absolute Gasteiger partial charge is 0.369 e. The number of thioether (sulfide) groups is 1. The molecule has 0 spiro atoms. The fourth-order valence-corrected chi connectivity index (χ4v) is 1.03. The lowest BCUT2D eigenvalue weighted by atomic mass is 10.2. The molecule has 0 aliphatic carbocycles. The molecule has 0 aromatic rings. The van der Waals surface area contributed by atoms with Crippen molar-refractivity contribution in [3.05, 3.63) is 0 Å². The van der Waals surface area contributed by atoms with Gasteiger partial charge in [-0.2, -0.15) is 0 Å². The molecule has 0 rings (SSSR count). The van der Waals surface area contributed by atoms with E-state index in [-0.39, 0.29) is 10.7 Å². The highest BCUT2D eigenvalue weighted by molar-refractivity contribution is 8.13. The van der Waals surface area contributed by atoms with Gasteiger partial charge in [-0.05, 0) is 39.5 Å². The first-order valence-electron chi connectivity index (χ1n) is 3.46. The Labute approximate surface area is 71.7 Å². The van der Waals surface area contributed by atoms with Crippen molar-refractivity contribution >= 4 is 17.1 Å². The van der Waals surface area contributed by atoms with E-state index in [0.717, 1.165) is 11.8 Å². The van der Waals surface area contributed by atoms with Crippen LogP contribution in [0, 0.1) is 0 Å². The second-order valence-electron chi connectivity index (χ2n) is 3.29. The van der Waals surface area contributed by atoms with Gasteiger partial charge in [-0.15, -0.1) is 0 Å². The fraction of sp³-hybridized carbons (Fsp3) is 0.857. The molecule has 1 atom stereocenters. The Morgan fingerprint density at radius 3 is 2.27 bits per heavy atom. The molecule has 0 saturated heterocycles. The average molecular weight is 177 g/mol. The summed E-state index contributed by atoms with van der Waals surface area (Å²) in [4.78, 5) is 10.9. The Kier molecular flexibility index (Phi) is 3.89. The summed E-state index contributed by atoms with van der Waals surface area (Å²) in [5.74, 6) is 0. The van der Waals surface area contributed by atoms with E-state index >= 15 is 0 Å². The summed E-state index contributed by atoms with van der Waals surface area (Å²) in [6.07, 6.45) is 0. The zero-order valence-corrected chi connectivity index (χ0v) is 8.20. The Morgan fingerprint density at radius 1 is 1.55 bits per heavy atom. The molecule has 4 heteroatoms. The summed E-state index contributed by atoms with van der Waals surface area (Å²) in [5.41, 5.74) is 4.96. The third-order valence-electron chi connectivity index (χ3n) is 0.672. The van der Waals surface area contributed by atoms with Crippen LogP contribution in [0.3, 0.4) is 0 Å². The molecular formula is C7H15NO2S. The average Bonchev–Trinajstić information content (AvgIpc) is 1.53. The molecule has 3 nitrogen and oxygen atoms in total. The van der Waals surface area contributed by atoms with Crippen molar-refractivity contribution in [2.75, 3.05) is 0 Å². The molecule has 0 aliphatic rings. The van der Waals surface area contributed by atoms with Crippen LogP contribution in [0.4, 0.5) is 4.79 Å². The van der Waals surface area contributed by atoms with Gasteiger partial charge in [-0.25, -0.2) is 4.79 Å². The molecule has 0 amide bonds. The molecule has 66 valence electrons. The van der Waals surface area contributed by atoms with Crippen LogP contribution >= 0.6 is 11.8 Å². The number of ether oxygens (including phenoxy) is 1. The summed E-state index contributed by atoms with van der Waals surface area (Å²) in [6.45, 7) is 7.22. The third-order valence-corrected chi connectivity index (χ3v) is 1.32. The quantitative estimate of drug-likeness (QED) is 0.491. The van der Waals surface area contributed by atoms with Crippen LogP contribution in [0.25, 0.3) is 0 Å². The normalized spacial score (nSPS) is 14.3. The monoisotopic (exact) mass is 177 g/mol. The first-order valence-corrected chi connectivity index (χ1v) is 4.34. The summed E-state index contributed by atoms with van der Waals surface area (Å²) >= 11 is 0.998. The summed E-state index contributed by atoms with van der Waals surface area (Å²) in [6, 6.07) is 0. The summed E-state index contributed by atoms with van der Waals surface area (Å²) in [5, 5.41) is -0.516. The van der Waals surface area contributed by atoms with Gasteiger partial charge in [0, 0.05) is 0 Å². The second-order valence-corrected chi connectivity index (χ2v) is 4.60. The van der Waals surface area contributed by atoms with Gasteiger partial charge in [0.1, 0.15) is 5.60 Å². The van der Waals surface area contributed by atoms with Gasteiger partial charge in [-0.1, -0.05) is 0 Å². The number of carbonyl (C=O) groups is 1. The third kappa shape index (κ3) is 7.68. The molecule has 0 radical (unpaired) electrons. The lowest BCUT2D eigenvalue weighted by molar-refractivity contribution is 0.0737. The highest BCUT2D eigenvalue weighted by Gasteiger charge is 2.17. The predicted molar refractivity (Wildman–Crippen MR) is 47.5 cm³/mol. The van der Waals surface area contributed by atoms with E-state index in [9.17, 15) is 4.79 Å². The van der Waals surface area contributed by atoms with Gasteiger partial charge in [0.15, 0.2) is 0 Å². The number of rotatable bonds is 1. The molecule has 1 unspecified atom stereocenters. The van der Waals surface area contributed by atoms with Crippen molar-refractivity contribution < 1.29 is 9.53 Å². The molecule has 0 saturated carbocycles. The van der Waals surface area contributed by atoms with Crippen molar-refractivity contribution in [1.82, 2.24) is 0 Å². The van der Waals surface area contributed by atoms with Gasteiger partial charge in [-0.3, -0.25) is 0 Å². The standard InChI is InChI=1S/C7H15NO2S/c1-5(8)11-6(9)10-7(2,3)4/h5H,8H2,1-4H3. The van der Waals surface area contributed by atoms with Crippen LogP contribution in [0.15, 0.2) is 0 Å². The zero-order valence-electron chi connectivity index (χ0n) is 7.38. The largest absolute Gasteiger partial charge is 0.452 e. The molecule has 0 aliphatic heterocycles. The molecule has 0 heterocycles. The minimum absolute atomic E-state index is 0.204. The van der Waals surface area contributed by atoms with Crippen LogP contribution in [0.2, 0.25) is 0 Å². The van der Waals surface area contributed by atoms with E-state index in [0.29, 0.717) is 0 Å². The summed E-state index contributed by atoms with van der Waals surface area (Å²) in [7, 11) is 0. The molecule has 2 N–H and O–H groups in total. The van der Waals surface area contributed by atoms with Crippen LogP contribution in [0.5, 0.6) is 0 Å². The van der Waals surface area contributed by atoms with E-state index in [1.807, 2.05) is 20.8 Å². The Hall–Kier alpha value is -0.220. The van der Waals surface area contributed by atoms with Crippen molar-refractivity contribution in [3.63, 3.8) is 0 Å². The topological polar surface area (TPSA) is 52.3 Å². The number of carbonyl (C=O) groups excluding carboxylic acids is 1. The Morgan fingerprint density at radius 2 is 2.00 bits per heavy atom. The molecule has 0 aromatic carbocycles. The van der Waals surface area contributed by atoms with Gasteiger partial charge in [0.05, 0.1) is 5.37 Å². The zero-order chi connectivity index (χ0) is 9.07. The van der Waals surface area contributed by atoms with E-state index in [4.69, 9.17) is 10.5 Å². The molecule has 0 bridgehead atoms. The molecule has 0 fully saturated rings. The maximum atomic E-state index is 10.9. The number of hydrogen-bond acceptors (Lipinski definition) is 4. The van der Waals surface area contributed by atoms with Gasteiger partial charge < -0.3 is 10.5 Å². The van der Waals surface area contributed by atoms with Gasteiger partial charge >= 0.3 is 5.30 Å². The van der Waals surface area contributed by atoms with Crippen LogP contribution in [-0.4, -0.2) is 16.3 Å². The van der Waals surface area contributed by atoms with E-state index in [1.165, 1.54) is 0 Å². The van der Waals surface area contributed by atoms with Crippen molar-refractivity contribution in [2.24, 2.45) is 5.73 Å². The van der Waals surface area contributed by atoms with Crippen molar-refractivity contribution in [3.8, 4) is 0 Å². The Bertz CT molecular complexity index is 140. The highest BCUT2D eigenvalue weighted by atomic mass is 32.2. The van der Waals surface area contributed by atoms with E-state index in [2.05, 4.69) is 0 Å². The first-order chi connectivity index (χ1) is 4.81.